The van der Waals surface area contributed by atoms with Crippen molar-refractivity contribution in [2.75, 3.05) is 5.32 Å². The summed E-state index contributed by atoms with van der Waals surface area (Å²) >= 11 is 3.15. The van der Waals surface area contributed by atoms with Gasteiger partial charge in [0.25, 0.3) is 5.91 Å². The number of para-hydroxylation sites is 1. The van der Waals surface area contributed by atoms with E-state index in [-0.39, 0.29) is 11.7 Å². The maximum absolute atomic E-state index is 12.7. The summed E-state index contributed by atoms with van der Waals surface area (Å²) in [5.41, 5.74) is 1.59. The molecule has 138 valence electrons. The summed E-state index contributed by atoms with van der Waals surface area (Å²) < 4.78 is 7.49. The Morgan fingerprint density at radius 3 is 2.89 bits per heavy atom. The van der Waals surface area contributed by atoms with Gasteiger partial charge in [-0.05, 0) is 30.5 Å². The standard InChI is InChI=1S/C20H14N4O2S2/c1-12-21-10-18(23-19(25)16-9-13-5-2-3-6-15(13)26-16)24(12)20-22-14(11-28-20)17-7-4-8-27-17/h2-11H,1H3,(H,23,25). The molecular formula is C20H14N4O2S2. The molecule has 0 saturated heterocycles. The molecule has 8 heteroatoms. The number of amides is 1. The molecule has 0 fully saturated rings. The number of aromatic nitrogens is 3. The average molecular weight is 406 g/mol. The Labute approximate surface area is 168 Å². The molecule has 1 aromatic carbocycles. The third-order valence-corrected chi connectivity index (χ3v) is 6.00. The number of hydrogen-bond donors (Lipinski definition) is 1. The summed E-state index contributed by atoms with van der Waals surface area (Å²) in [6.07, 6.45) is 1.63. The zero-order chi connectivity index (χ0) is 19.1. The van der Waals surface area contributed by atoms with Crippen LogP contribution in [0.15, 0.2) is 63.8 Å². The predicted molar refractivity (Wildman–Crippen MR) is 111 cm³/mol. The van der Waals surface area contributed by atoms with Crippen molar-refractivity contribution in [3.63, 3.8) is 0 Å². The van der Waals surface area contributed by atoms with Crippen molar-refractivity contribution in [1.82, 2.24) is 14.5 Å². The smallest absolute Gasteiger partial charge is 0.292 e. The Morgan fingerprint density at radius 1 is 1.18 bits per heavy atom. The van der Waals surface area contributed by atoms with Gasteiger partial charge in [-0.1, -0.05) is 24.3 Å². The van der Waals surface area contributed by atoms with Crippen LogP contribution in [0.4, 0.5) is 5.82 Å². The van der Waals surface area contributed by atoms with Crippen LogP contribution in [-0.2, 0) is 0 Å². The van der Waals surface area contributed by atoms with Gasteiger partial charge in [-0.2, -0.15) is 0 Å². The number of carbonyl (C=O) groups excluding carboxylic acids is 1. The van der Waals surface area contributed by atoms with Crippen LogP contribution >= 0.6 is 22.7 Å². The van der Waals surface area contributed by atoms with Crippen LogP contribution < -0.4 is 5.32 Å². The van der Waals surface area contributed by atoms with Crippen molar-refractivity contribution >= 4 is 45.4 Å². The molecular weight excluding hydrogens is 392 g/mol. The van der Waals surface area contributed by atoms with E-state index in [4.69, 9.17) is 9.40 Å². The highest BCUT2D eigenvalue weighted by molar-refractivity contribution is 7.15. The number of fused-ring (bicyclic) bond motifs is 1. The maximum atomic E-state index is 12.7. The second-order valence-electron chi connectivity index (χ2n) is 6.12. The number of nitrogens with one attached hydrogen (secondary N) is 1. The minimum absolute atomic E-state index is 0.255. The van der Waals surface area contributed by atoms with Crippen LogP contribution in [0.2, 0.25) is 0 Å². The highest BCUT2D eigenvalue weighted by Gasteiger charge is 2.18. The number of nitrogens with zero attached hydrogens (tertiary/aromatic N) is 3. The number of benzene rings is 1. The molecule has 4 heterocycles. The predicted octanol–water partition coefficient (Wildman–Crippen LogP) is 5.36. The number of thiophene rings is 1. The molecule has 0 unspecified atom stereocenters. The summed E-state index contributed by atoms with van der Waals surface area (Å²) in [5, 5.41) is 8.55. The fourth-order valence-corrected chi connectivity index (χ4v) is 4.59. The SMILES string of the molecule is Cc1ncc(NC(=O)c2cc3ccccc3o2)n1-c1nc(-c2cccs2)cs1. The molecule has 1 N–H and O–H groups in total. The minimum Gasteiger partial charge on any atom is -0.451 e. The van der Waals surface area contributed by atoms with Crippen molar-refractivity contribution in [3.05, 3.63) is 71.0 Å². The molecule has 0 radical (unpaired) electrons. The van der Waals surface area contributed by atoms with Gasteiger partial charge in [0.1, 0.15) is 17.2 Å². The van der Waals surface area contributed by atoms with Gasteiger partial charge >= 0.3 is 0 Å². The summed E-state index contributed by atoms with van der Waals surface area (Å²) in [6, 6.07) is 13.3. The Morgan fingerprint density at radius 2 is 2.07 bits per heavy atom. The van der Waals surface area contributed by atoms with Crippen LogP contribution in [0, 0.1) is 6.92 Å². The third-order valence-electron chi connectivity index (χ3n) is 4.29. The maximum Gasteiger partial charge on any atom is 0.292 e. The van der Waals surface area contributed by atoms with Gasteiger partial charge in [0.05, 0.1) is 16.8 Å². The lowest BCUT2D eigenvalue weighted by molar-refractivity contribution is 0.0998. The number of aryl methyl sites for hydroxylation is 1. The number of furan rings is 1. The van der Waals surface area contributed by atoms with Gasteiger partial charge in [0, 0.05) is 10.8 Å². The van der Waals surface area contributed by atoms with E-state index in [2.05, 4.69) is 10.3 Å². The Bertz CT molecular complexity index is 1250. The number of imidazole rings is 1. The van der Waals surface area contributed by atoms with Crippen molar-refractivity contribution in [2.45, 2.75) is 6.92 Å². The summed E-state index contributed by atoms with van der Waals surface area (Å²) in [7, 11) is 0. The number of carbonyl (C=O) groups is 1. The van der Waals surface area contributed by atoms with E-state index in [1.165, 1.54) is 11.3 Å². The molecule has 28 heavy (non-hydrogen) atoms. The molecule has 5 aromatic rings. The molecule has 6 nitrogen and oxygen atoms in total. The van der Waals surface area contributed by atoms with E-state index >= 15 is 0 Å². The first kappa shape index (κ1) is 16.9. The van der Waals surface area contributed by atoms with E-state index in [1.54, 1.807) is 23.6 Å². The highest BCUT2D eigenvalue weighted by atomic mass is 32.1. The van der Waals surface area contributed by atoms with E-state index in [0.717, 1.165) is 26.9 Å². The first-order valence-corrected chi connectivity index (χ1v) is 10.3. The summed E-state index contributed by atoms with van der Waals surface area (Å²) in [4.78, 5) is 22.9. The highest BCUT2D eigenvalue weighted by Crippen LogP contribution is 2.30. The Kier molecular flexibility index (Phi) is 4.07. The average Bonchev–Trinajstić information content (AvgIpc) is 3.47. The van der Waals surface area contributed by atoms with Crippen LogP contribution in [-0.4, -0.2) is 20.4 Å². The lowest BCUT2D eigenvalue weighted by Crippen LogP contribution is -2.14. The second-order valence-corrected chi connectivity index (χ2v) is 7.91. The first-order chi connectivity index (χ1) is 13.7. The fourth-order valence-electron chi connectivity index (χ4n) is 2.95. The molecule has 0 atom stereocenters. The second kappa shape index (κ2) is 6.74. The molecule has 0 saturated carbocycles. The zero-order valence-corrected chi connectivity index (χ0v) is 16.4. The summed E-state index contributed by atoms with van der Waals surface area (Å²) in [5.74, 6) is 1.22. The molecule has 0 bridgehead atoms. The molecule has 0 spiro atoms. The monoisotopic (exact) mass is 406 g/mol. The van der Waals surface area contributed by atoms with Gasteiger partial charge < -0.3 is 9.73 Å². The van der Waals surface area contributed by atoms with Crippen LogP contribution in [0.25, 0.3) is 26.7 Å². The van der Waals surface area contributed by atoms with E-state index in [0.29, 0.717) is 11.4 Å². The first-order valence-electron chi connectivity index (χ1n) is 8.53. The molecule has 1 amide bonds. The van der Waals surface area contributed by atoms with E-state index in [9.17, 15) is 4.79 Å². The van der Waals surface area contributed by atoms with Gasteiger partial charge in [-0.3, -0.25) is 9.36 Å². The van der Waals surface area contributed by atoms with Crippen LogP contribution in [0.1, 0.15) is 16.4 Å². The van der Waals surface area contributed by atoms with Crippen molar-refractivity contribution in [1.29, 1.82) is 0 Å². The zero-order valence-electron chi connectivity index (χ0n) is 14.7. The Balaban J connectivity index is 1.46. The molecule has 0 aliphatic rings. The van der Waals surface area contributed by atoms with Gasteiger partial charge in [0.15, 0.2) is 10.9 Å². The summed E-state index contributed by atoms with van der Waals surface area (Å²) in [6.45, 7) is 1.88. The lowest BCUT2D eigenvalue weighted by atomic mass is 10.2. The van der Waals surface area contributed by atoms with Crippen molar-refractivity contribution < 1.29 is 9.21 Å². The largest absolute Gasteiger partial charge is 0.451 e. The van der Waals surface area contributed by atoms with E-state index < -0.39 is 0 Å². The van der Waals surface area contributed by atoms with Gasteiger partial charge in [-0.25, -0.2) is 9.97 Å². The number of thiazole rings is 1. The lowest BCUT2D eigenvalue weighted by Gasteiger charge is -2.07. The van der Waals surface area contributed by atoms with Gasteiger partial charge in [-0.15, -0.1) is 22.7 Å². The molecule has 4 aromatic heterocycles. The van der Waals surface area contributed by atoms with E-state index in [1.807, 2.05) is 58.6 Å². The quantitative estimate of drug-likeness (QED) is 0.436. The number of hydrogen-bond acceptors (Lipinski definition) is 6. The van der Waals surface area contributed by atoms with Crippen LogP contribution in [0.3, 0.4) is 0 Å². The molecule has 5 rings (SSSR count). The number of anilines is 1. The van der Waals surface area contributed by atoms with Crippen molar-refractivity contribution in [3.8, 4) is 15.7 Å². The van der Waals surface area contributed by atoms with Gasteiger partial charge in [0.2, 0.25) is 0 Å². The van der Waals surface area contributed by atoms with Crippen molar-refractivity contribution in [2.24, 2.45) is 0 Å². The Hall–Kier alpha value is -3.23. The normalized spacial score (nSPS) is 11.2. The topological polar surface area (TPSA) is 73.0 Å². The molecule has 0 aliphatic heterocycles. The minimum atomic E-state index is -0.326. The number of rotatable bonds is 4. The third kappa shape index (κ3) is 2.92. The van der Waals surface area contributed by atoms with Crippen LogP contribution in [0.5, 0.6) is 0 Å². The molecule has 0 aliphatic carbocycles. The fraction of sp³-hybridized carbons (Fsp3) is 0.0500.